The lowest BCUT2D eigenvalue weighted by Gasteiger charge is -2.32. The summed E-state index contributed by atoms with van der Waals surface area (Å²) in [6, 6.07) is 14.0. The van der Waals surface area contributed by atoms with Crippen LogP contribution in [0.5, 0.6) is 5.75 Å². The highest BCUT2D eigenvalue weighted by Gasteiger charge is 2.32. The topological polar surface area (TPSA) is 79.4 Å². The smallest absolute Gasteiger partial charge is 0.258 e. The summed E-state index contributed by atoms with van der Waals surface area (Å²) >= 11 is 6.30. The van der Waals surface area contributed by atoms with Gasteiger partial charge in [0.05, 0.1) is 12.2 Å². The van der Waals surface area contributed by atoms with Gasteiger partial charge in [0.25, 0.3) is 5.91 Å². The molecule has 1 atom stereocenters. The van der Waals surface area contributed by atoms with E-state index < -0.39 is 6.04 Å². The molecule has 8 nitrogen and oxygen atoms in total. The first-order valence-corrected chi connectivity index (χ1v) is 15.1. The van der Waals surface area contributed by atoms with Gasteiger partial charge < -0.3 is 24.2 Å². The van der Waals surface area contributed by atoms with Crippen molar-refractivity contribution in [1.82, 2.24) is 14.7 Å². The fourth-order valence-corrected chi connectivity index (χ4v) is 5.66. The van der Waals surface area contributed by atoms with Gasteiger partial charge in [-0.3, -0.25) is 14.4 Å². The first kappa shape index (κ1) is 30.8. The SMILES string of the molecule is CN1CCCCN(C(=O)C2CCOCC2)CCCCOc2ccc(Cl)cc2C(=O)N(C)[C@@H](Cc2ccccc2)C1=O. The average Bonchev–Trinajstić information content (AvgIpc) is 3.00. The van der Waals surface area contributed by atoms with E-state index >= 15 is 0 Å². The van der Waals surface area contributed by atoms with E-state index in [2.05, 4.69) is 0 Å². The fraction of sp³-hybridized carbons (Fsp3) is 0.531. The minimum absolute atomic E-state index is 0.00952. The van der Waals surface area contributed by atoms with E-state index in [1.807, 2.05) is 35.2 Å². The van der Waals surface area contributed by atoms with Crippen LogP contribution in [0.15, 0.2) is 48.5 Å². The van der Waals surface area contributed by atoms with Gasteiger partial charge >= 0.3 is 0 Å². The largest absolute Gasteiger partial charge is 0.493 e. The third-order valence-corrected chi connectivity index (χ3v) is 8.26. The van der Waals surface area contributed by atoms with Gasteiger partial charge in [-0.2, -0.15) is 0 Å². The number of fused-ring (bicyclic) bond motifs is 1. The number of ether oxygens (including phenoxy) is 2. The van der Waals surface area contributed by atoms with Crippen molar-refractivity contribution in [2.24, 2.45) is 5.92 Å². The van der Waals surface area contributed by atoms with E-state index in [9.17, 15) is 14.4 Å². The van der Waals surface area contributed by atoms with Crippen LogP contribution in [0.25, 0.3) is 0 Å². The zero-order chi connectivity index (χ0) is 29.2. The quantitative estimate of drug-likeness (QED) is 0.524. The van der Waals surface area contributed by atoms with E-state index in [4.69, 9.17) is 21.1 Å². The predicted molar refractivity (Wildman–Crippen MR) is 159 cm³/mol. The molecule has 0 aromatic heterocycles. The molecular formula is C32H42ClN3O5. The Morgan fingerprint density at radius 3 is 2.32 bits per heavy atom. The molecule has 0 radical (unpaired) electrons. The summed E-state index contributed by atoms with van der Waals surface area (Å²) in [6.45, 7) is 3.52. The number of amides is 3. The molecule has 0 bridgehead atoms. The molecule has 41 heavy (non-hydrogen) atoms. The summed E-state index contributed by atoms with van der Waals surface area (Å²) in [5.41, 5.74) is 1.30. The molecule has 2 heterocycles. The van der Waals surface area contributed by atoms with Gasteiger partial charge in [-0.05, 0) is 62.3 Å². The van der Waals surface area contributed by atoms with Gasteiger partial charge in [-0.25, -0.2) is 0 Å². The number of nitrogens with zero attached hydrogens (tertiary/aromatic N) is 3. The highest BCUT2D eigenvalue weighted by Crippen LogP contribution is 2.26. The molecule has 2 aliphatic rings. The Morgan fingerprint density at radius 1 is 0.902 bits per heavy atom. The molecule has 3 amide bonds. The van der Waals surface area contributed by atoms with Crippen LogP contribution < -0.4 is 4.74 Å². The van der Waals surface area contributed by atoms with Gasteiger partial charge in [0.1, 0.15) is 11.8 Å². The first-order valence-electron chi connectivity index (χ1n) is 14.7. The highest BCUT2D eigenvalue weighted by molar-refractivity contribution is 6.31. The summed E-state index contributed by atoms with van der Waals surface area (Å²) in [7, 11) is 3.45. The lowest BCUT2D eigenvalue weighted by Crippen LogP contribution is -2.49. The second-order valence-electron chi connectivity index (χ2n) is 11.0. The van der Waals surface area contributed by atoms with Crippen LogP contribution in [-0.2, 0) is 20.7 Å². The Balaban J connectivity index is 1.57. The number of hydrogen-bond acceptors (Lipinski definition) is 5. The van der Waals surface area contributed by atoms with Crippen LogP contribution in [0.3, 0.4) is 0 Å². The second-order valence-corrected chi connectivity index (χ2v) is 11.4. The third kappa shape index (κ3) is 8.46. The van der Waals surface area contributed by atoms with Crippen molar-refractivity contribution in [2.45, 2.75) is 51.0 Å². The molecule has 0 N–H and O–H groups in total. The Labute approximate surface area is 248 Å². The van der Waals surface area contributed by atoms with E-state index in [1.54, 1.807) is 37.2 Å². The second kappa shape index (κ2) is 15.2. The van der Waals surface area contributed by atoms with Crippen molar-refractivity contribution in [3.8, 4) is 5.75 Å². The minimum atomic E-state index is -0.705. The lowest BCUT2D eigenvalue weighted by atomic mass is 9.98. The van der Waals surface area contributed by atoms with Crippen LogP contribution in [0.2, 0.25) is 5.02 Å². The van der Waals surface area contributed by atoms with Gasteiger partial charge in [0, 0.05) is 64.3 Å². The molecule has 2 aromatic rings. The summed E-state index contributed by atoms with van der Waals surface area (Å²) in [5.74, 6) is 0.198. The fourth-order valence-electron chi connectivity index (χ4n) is 5.49. The number of carbonyl (C=O) groups excluding carboxylic acids is 3. The summed E-state index contributed by atoms with van der Waals surface area (Å²) < 4.78 is 11.5. The van der Waals surface area contributed by atoms with Crippen LogP contribution >= 0.6 is 11.6 Å². The van der Waals surface area contributed by atoms with Crippen LogP contribution in [0.4, 0.5) is 0 Å². The Kier molecular flexibility index (Phi) is 11.5. The standard InChI is InChI=1S/C32H42ClN3O5/c1-34-16-6-7-17-36(30(37)25-14-20-40-21-15-25)18-8-9-19-41-29-13-12-26(33)23-27(29)31(38)35(2)28(32(34)39)22-24-10-4-3-5-11-24/h3-5,10-13,23,25,28H,6-9,14-22H2,1-2H3/t28-/m0/s1. The molecule has 1 saturated heterocycles. The Hall–Kier alpha value is -3.10. The van der Waals surface area contributed by atoms with Crippen molar-refractivity contribution in [3.05, 3.63) is 64.7 Å². The van der Waals surface area contributed by atoms with Crippen molar-refractivity contribution < 1.29 is 23.9 Å². The summed E-state index contributed by atoms with van der Waals surface area (Å²) in [4.78, 5) is 46.2. The molecule has 0 unspecified atom stereocenters. The number of carbonyl (C=O) groups is 3. The summed E-state index contributed by atoms with van der Waals surface area (Å²) in [6.07, 6.45) is 5.00. The summed E-state index contributed by atoms with van der Waals surface area (Å²) in [5, 5.41) is 0.422. The van der Waals surface area contributed by atoms with E-state index in [-0.39, 0.29) is 23.6 Å². The van der Waals surface area contributed by atoms with Gasteiger partial charge in [0.15, 0.2) is 0 Å². The number of likely N-dealkylation sites (N-methyl/N-ethyl adjacent to an activating group) is 2. The van der Waals surface area contributed by atoms with E-state index in [1.165, 1.54) is 4.90 Å². The molecule has 0 saturated carbocycles. The molecule has 1 fully saturated rings. The van der Waals surface area contributed by atoms with Crippen molar-refractivity contribution >= 4 is 29.3 Å². The maximum absolute atomic E-state index is 13.8. The molecule has 9 heteroatoms. The number of benzene rings is 2. The maximum Gasteiger partial charge on any atom is 0.258 e. The number of rotatable bonds is 3. The molecule has 2 aliphatic heterocycles. The van der Waals surface area contributed by atoms with Crippen LogP contribution in [0.1, 0.15) is 54.4 Å². The molecule has 2 aromatic carbocycles. The Bertz CT molecular complexity index is 1170. The van der Waals surface area contributed by atoms with Crippen LogP contribution in [-0.4, -0.2) is 92.0 Å². The molecule has 0 spiro atoms. The molecular weight excluding hydrogens is 542 g/mol. The van der Waals surface area contributed by atoms with Crippen LogP contribution in [0, 0.1) is 5.92 Å². The average molecular weight is 584 g/mol. The van der Waals surface area contributed by atoms with Gasteiger partial charge in [0.2, 0.25) is 11.8 Å². The zero-order valence-corrected chi connectivity index (χ0v) is 25.0. The zero-order valence-electron chi connectivity index (χ0n) is 24.2. The Morgan fingerprint density at radius 2 is 1.59 bits per heavy atom. The molecule has 222 valence electrons. The van der Waals surface area contributed by atoms with Crippen molar-refractivity contribution in [1.29, 1.82) is 0 Å². The normalized spacial score (nSPS) is 20.8. The number of halogens is 1. The minimum Gasteiger partial charge on any atom is -0.493 e. The monoisotopic (exact) mass is 583 g/mol. The van der Waals surface area contributed by atoms with Crippen molar-refractivity contribution in [2.75, 3.05) is 53.6 Å². The third-order valence-electron chi connectivity index (χ3n) is 8.03. The van der Waals surface area contributed by atoms with Crippen molar-refractivity contribution in [3.63, 3.8) is 0 Å². The maximum atomic E-state index is 13.8. The van der Waals surface area contributed by atoms with E-state index in [0.717, 1.165) is 44.1 Å². The first-order chi connectivity index (χ1) is 19.8. The molecule has 4 rings (SSSR count). The predicted octanol–water partition coefficient (Wildman–Crippen LogP) is 4.69. The van der Waals surface area contributed by atoms with E-state index in [0.29, 0.717) is 62.2 Å². The highest BCUT2D eigenvalue weighted by atomic mass is 35.5. The van der Waals surface area contributed by atoms with Gasteiger partial charge in [-0.15, -0.1) is 0 Å². The molecule has 0 aliphatic carbocycles. The van der Waals surface area contributed by atoms with Gasteiger partial charge in [-0.1, -0.05) is 41.9 Å². The number of hydrogen-bond donors (Lipinski definition) is 0. The lowest BCUT2D eigenvalue weighted by molar-refractivity contribution is -0.139.